The second kappa shape index (κ2) is 7.05. The minimum absolute atomic E-state index is 0.0956. The number of rotatable bonds is 4. The molecule has 5 rings (SSSR count). The lowest BCUT2D eigenvalue weighted by atomic mass is 9.66. The van der Waals surface area contributed by atoms with Crippen LogP contribution in [0.25, 0.3) is 11.2 Å². The molecule has 1 aliphatic carbocycles. The van der Waals surface area contributed by atoms with Gasteiger partial charge in [-0.05, 0) is 41.0 Å². The fraction of sp³-hybridized carbons (Fsp3) is 0.364. The van der Waals surface area contributed by atoms with Crippen LogP contribution in [0.4, 0.5) is 0 Å². The number of hydrogen-bond acceptors (Lipinski definition) is 9. The molecule has 0 amide bonds. The van der Waals surface area contributed by atoms with E-state index in [1.54, 1.807) is 24.3 Å². The van der Waals surface area contributed by atoms with E-state index in [0.29, 0.717) is 33.9 Å². The Morgan fingerprint density at radius 3 is 2.10 bits per heavy atom. The largest absolute Gasteiger partial charge is 0.519 e. The molecule has 9 nitrogen and oxygen atoms in total. The van der Waals surface area contributed by atoms with Crippen LogP contribution in [-0.4, -0.2) is 39.0 Å². The highest BCUT2D eigenvalue weighted by atomic mass is 16.6. The fourth-order valence-electron chi connectivity index (χ4n) is 4.79. The Morgan fingerprint density at radius 2 is 1.52 bits per heavy atom. The Labute approximate surface area is 176 Å². The van der Waals surface area contributed by atoms with Crippen molar-refractivity contribution in [2.45, 2.75) is 12.0 Å². The molecule has 162 valence electrons. The number of hydrogen-bond donors (Lipinski definition) is 1. The first-order valence-corrected chi connectivity index (χ1v) is 9.69. The molecule has 0 radical (unpaired) electrons. The van der Waals surface area contributed by atoms with E-state index < -0.39 is 35.6 Å². The first kappa shape index (κ1) is 19.5. The first-order chi connectivity index (χ1) is 15.0. The van der Waals surface area contributed by atoms with Crippen molar-refractivity contribution in [2.75, 3.05) is 27.9 Å². The maximum absolute atomic E-state index is 12.7. The lowest BCUT2D eigenvalue weighted by Gasteiger charge is -2.36. The minimum atomic E-state index is -0.964. The van der Waals surface area contributed by atoms with Crippen molar-refractivity contribution < 1.29 is 37.7 Å². The van der Waals surface area contributed by atoms with Gasteiger partial charge in [0.05, 0.1) is 40.0 Å². The molecule has 3 aromatic rings. The Hall–Kier alpha value is -3.46. The van der Waals surface area contributed by atoms with Crippen LogP contribution in [0.3, 0.4) is 0 Å². The molecule has 2 aliphatic rings. The van der Waals surface area contributed by atoms with Crippen LogP contribution >= 0.6 is 0 Å². The second-order valence-corrected chi connectivity index (χ2v) is 7.58. The Balaban J connectivity index is 1.79. The maximum atomic E-state index is 12.7. The molecule has 1 saturated heterocycles. The van der Waals surface area contributed by atoms with Crippen LogP contribution in [0.2, 0.25) is 0 Å². The highest BCUT2D eigenvalue weighted by Gasteiger charge is 2.52. The Morgan fingerprint density at radius 1 is 0.903 bits per heavy atom. The molecule has 31 heavy (non-hydrogen) atoms. The molecule has 1 fully saturated rings. The summed E-state index contributed by atoms with van der Waals surface area (Å²) in [6, 6.07) is 6.76. The van der Waals surface area contributed by atoms with Crippen molar-refractivity contribution in [3.05, 3.63) is 51.6 Å². The smallest absolute Gasteiger partial charge is 0.493 e. The van der Waals surface area contributed by atoms with Crippen LogP contribution in [0.15, 0.2) is 37.9 Å². The summed E-state index contributed by atoms with van der Waals surface area (Å²) in [5, 5.41) is 11.0. The zero-order chi connectivity index (χ0) is 21.9. The number of ether oxygens (including phenoxy) is 4. The third kappa shape index (κ3) is 2.80. The molecular weight excluding hydrogens is 408 g/mol. The van der Waals surface area contributed by atoms with Crippen LogP contribution in [-0.2, 0) is 9.53 Å². The molecule has 2 aromatic carbocycles. The third-order valence-electron chi connectivity index (χ3n) is 6.15. The van der Waals surface area contributed by atoms with Crippen LogP contribution in [0.1, 0.15) is 28.7 Å². The predicted molar refractivity (Wildman–Crippen MR) is 106 cm³/mol. The van der Waals surface area contributed by atoms with Crippen LogP contribution in [0, 0.1) is 11.8 Å². The summed E-state index contributed by atoms with van der Waals surface area (Å²) >= 11 is 0. The average molecular weight is 428 g/mol. The maximum Gasteiger partial charge on any atom is 0.519 e. The monoisotopic (exact) mass is 428 g/mol. The molecule has 1 N–H and O–H groups in total. The van der Waals surface area contributed by atoms with Gasteiger partial charge in [0.2, 0.25) is 5.75 Å². The lowest BCUT2D eigenvalue weighted by molar-refractivity contribution is -0.141. The second-order valence-electron chi connectivity index (χ2n) is 7.58. The Kier molecular flexibility index (Phi) is 4.44. The number of methoxy groups -OCH3 is 3. The van der Waals surface area contributed by atoms with Gasteiger partial charge in [-0.25, -0.2) is 4.79 Å². The number of benzene rings is 2. The molecule has 9 heteroatoms. The summed E-state index contributed by atoms with van der Waals surface area (Å²) in [5.74, 6) is -1.55. The van der Waals surface area contributed by atoms with Gasteiger partial charge in [0.1, 0.15) is 0 Å². The average Bonchev–Trinajstić information content (AvgIpc) is 3.33. The SMILES string of the molecule is COc1cc([C@@H]2c3cc4oc(=O)oc4cc3[C@H](O)[C@H]3COC(=O)[C@H]23)cc(OC)c1OC. The van der Waals surface area contributed by atoms with Crippen molar-refractivity contribution in [1.82, 2.24) is 0 Å². The highest BCUT2D eigenvalue weighted by molar-refractivity contribution is 5.80. The molecule has 0 saturated carbocycles. The highest BCUT2D eigenvalue weighted by Crippen LogP contribution is 2.53. The summed E-state index contributed by atoms with van der Waals surface area (Å²) in [6.07, 6.45) is -0.964. The van der Waals surface area contributed by atoms with E-state index in [4.69, 9.17) is 27.8 Å². The number of cyclic esters (lactones) is 1. The van der Waals surface area contributed by atoms with E-state index in [0.717, 1.165) is 0 Å². The van der Waals surface area contributed by atoms with Gasteiger partial charge >= 0.3 is 11.8 Å². The van der Waals surface area contributed by atoms with Crippen molar-refractivity contribution >= 4 is 17.1 Å². The predicted octanol–water partition coefficient (Wildman–Crippen LogP) is 2.38. The zero-order valence-electron chi connectivity index (χ0n) is 17.0. The molecule has 1 aromatic heterocycles. The summed E-state index contributed by atoms with van der Waals surface area (Å²) in [4.78, 5) is 24.3. The zero-order valence-corrected chi connectivity index (χ0v) is 17.0. The van der Waals surface area contributed by atoms with E-state index in [9.17, 15) is 14.7 Å². The van der Waals surface area contributed by atoms with Gasteiger partial charge < -0.3 is 32.9 Å². The number of fused-ring (bicyclic) bond motifs is 3. The van der Waals surface area contributed by atoms with Crippen molar-refractivity contribution in [3.8, 4) is 17.2 Å². The summed E-state index contributed by atoms with van der Waals surface area (Å²) < 4.78 is 31.9. The van der Waals surface area contributed by atoms with E-state index in [2.05, 4.69) is 0 Å². The van der Waals surface area contributed by atoms with Crippen LogP contribution in [0.5, 0.6) is 17.2 Å². The third-order valence-corrected chi connectivity index (χ3v) is 6.15. The summed E-state index contributed by atoms with van der Waals surface area (Å²) in [7, 11) is 4.53. The number of carbonyl (C=O) groups excluding carboxylic acids is 1. The topological polar surface area (TPSA) is 118 Å². The van der Waals surface area contributed by atoms with Gasteiger partial charge in [0, 0.05) is 11.8 Å². The van der Waals surface area contributed by atoms with Crippen molar-refractivity contribution in [2.24, 2.45) is 11.8 Å². The van der Waals surface area contributed by atoms with Gasteiger partial charge in [-0.2, -0.15) is 0 Å². The van der Waals surface area contributed by atoms with Gasteiger partial charge in [-0.15, -0.1) is 0 Å². The van der Waals surface area contributed by atoms with Gasteiger partial charge in [0.25, 0.3) is 0 Å². The van der Waals surface area contributed by atoms with Crippen molar-refractivity contribution in [1.29, 1.82) is 0 Å². The minimum Gasteiger partial charge on any atom is -0.493 e. The van der Waals surface area contributed by atoms with Gasteiger partial charge in [-0.1, -0.05) is 0 Å². The summed E-state index contributed by atoms with van der Waals surface area (Å²) in [6.45, 7) is 0.0956. The lowest BCUT2D eigenvalue weighted by Crippen LogP contribution is -2.34. The molecular formula is C22H20O9. The van der Waals surface area contributed by atoms with E-state index in [1.165, 1.54) is 21.3 Å². The Bertz CT molecular complexity index is 1210. The number of carbonyl (C=O) groups is 1. The molecule has 1 aliphatic heterocycles. The number of aliphatic hydroxyl groups is 1. The number of aliphatic hydroxyl groups excluding tert-OH is 1. The quantitative estimate of drug-likeness (QED) is 0.625. The normalized spacial score (nSPS) is 24.5. The first-order valence-electron chi connectivity index (χ1n) is 9.69. The molecule has 0 unspecified atom stereocenters. The molecule has 0 spiro atoms. The molecule has 2 heterocycles. The standard InChI is InChI=1S/C22H20O9/c1-26-15-4-9(5-16(27-2)20(15)28-3)17-10-6-13-14(31-22(25)30-13)7-11(10)19(23)12-8-29-21(24)18(12)17/h4-7,12,17-19,23H,8H2,1-3H3/t12-,17+,18-,19-/m0/s1. The van der Waals surface area contributed by atoms with E-state index >= 15 is 0 Å². The fourth-order valence-corrected chi connectivity index (χ4v) is 4.79. The summed E-state index contributed by atoms with van der Waals surface area (Å²) in [5.41, 5.74) is 2.37. The number of esters is 1. The van der Waals surface area contributed by atoms with E-state index in [-0.39, 0.29) is 17.8 Å². The van der Waals surface area contributed by atoms with Crippen molar-refractivity contribution in [3.63, 3.8) is 0 Å². The van der Waals surface area contributed by atoms with Gasteiger partial charge in [-0.3, -0.25) is 4.79 Å². The van der Waals surface area contributed by atoms with Gasteiger partial charge in [0.15, 0.2) is 22.7 Å². The molecule has 0 bridgehead atoms. The molecule has 4 atom stereocenters. The van der Waals surface area contributed by atoms with Crippen LogP contribution < -0.4 is 20.0 Å². The van der Waals surface area contributed by atoms with E-state index in [1.807, 2.05) is 0 Å².